The lowest BCUT2D eigenvalue weighted by Crippen LogP contribution is -2.11. The molecule has 0 bridgehead atoms. The number of aryl methyl sites for hydroxylation is 1. The van der Waals surface area contributed by atoms with Gasteiger partial charge in [-0.05, 0) is 31.4 Å². The number of hydrogen-bond donors (Lipinski definition) is 2. The van der Waals surface area contributed by atoms with E-state index in [1.165, 1.54) is 28.2 Å². The summed E-state index contributed by atoms with van der Waals surface area (Å²) in [4.78, 5) is 23.3. The SMILES string of the molecule is Cc1ccc(-c2csc(NC(=O)c3sc4nc(CC(C)C)ccc4c3N)n2)cc1. The van der Waals surface area contributed by atoms with Crippen molar-refractivity contribution in [2.75, 3.05) is 11.1 Å². The summed E-state index contributed by atoms with van der Waals surface area (Å²) in [5.41, 5.74) is 10.8. The number of pyridine rings is 1. The zero-order valence-electron chi connectivity index (χ0n) is 16.5. The molecule has 0 saturated carbocycles. The molecule has 0 aliphatic heterocycles. The molecule has 3 aromatic heterocycles. The summed E-state index contributed by atoms with van der Waals surface area (Å²) in [6.45, 7) is 6.37. The van der Waals surface area contributed by atoms with Crippen LogP contribution in [-0.2, 0) is 6.42 Å². The Morgan fingerprint density at radius 3 is 2.62 bits per heavy atom. The molecule has 3 heterocycles. The topological polar surface area (TPSA) is 80.9 Å². The van der Waals surface area contributed by atoms with Crippen LogP contribution in [0.1, 0.15) is 34.8 Å². The van der Waals surface area contributed by atoms with E-state index in [-0.39, 0.29) is 5.91 Å². The summed E-state index contributed by atoms with van der Waals surface area (Å²) in [6, 6.07) is 12.1. The van der Waals surface area contributed by atoms with Gasteiger partial charge in [-0.1, -0.05) is 43.7 Å². The van der Waals surface area contributed by atoms with E-state index in [0.29, 0.717) is 21.6 Å². The van der Waals surface area contributed by atoms with Gasteiger partial charge in [0.25, 0.3) is 5.91 Å². The fourth-order valence-electron chi connectivity index (χ4n) is 3.08. The Morgan fingerprint density at radius 2 is 1.90 bits per heavy atom. The standard InChI is InChI=1S/C22H22N4OS2/c1-12(2)10-15-8-9-16-18(23)19(29-21(16)24-15)20(27)26-22-25-17(11-28-22)14-6-4-13(3)5-7-14/h4-9,11-12H,10,23H2,1-3H3,(H,25,26,27). The number of anilines is 2. The van der Waals surface area contributed by atoms with Crippen molar-refractivity contribution in [3.05, 3.63) is 57.9 Å². The molecule has 0 radical (unpaired) electrons. The van der Waals surface area contributed by atoms with Crippen LogP contribution in [-0.4, -0.2) is 15.9 Å². The maximum atomic E-state index is 12.8. The molecule has 0 atom stereocenters. The number of fused-ring (bicyclic) bond motifs is 1. The molecule has 0 aliphatic rings. The number of nitrogen functional groups attached to an aromatic ring is 1. The van der Waals surface area contributed by atoms with Crippen LogP contribution in [0.3, 0.4) is 0 Å². The van der Waals surface area contributed by atoms with Crippen molar-refractivity contribution in [1.29, 1.82) is 0 Å². The fraction of sp³-hybridized carbons (Fsp3) is 0.227. The van der Waals surface area contributed by atoms with Gasteiger partial charge in [0.2, 0.25) is 0 Å². The number of thiazole rings is 1. The normalized spacial score (nSPS) is 11.3. The van der Waals surface area contributed by atoms with Crippen molar-refractivity contribution >= 4 is 49.6 Å². The highest BCUT2D eigenvalue weighted by molar-refractivity contribution is 7.21. The highest BCUT2D eigenvalue weighted by atomic mass is 32.1. The predicted octanol–water partition coefficient (Wildman–Crippen LogP) is 5.76. The molecule has 4 rings (SSSR count). The summed E-state index contributed by atoms with van der Waals surface area (Å²) >= 11 is 2.72. The number of aromatic nitrogens is 2. The number of carbonyl (C=O) groups is 1. The molecule has 1 aromatic carbocycles. The molecule has 3 N–H and O–H groups in total. The van der Waals surface area contributed by atoms with Crippen molar-refractivity contribution < 1.29 is 4.79 Å². The molecular weight excluding hydrogens is 400 g/mol. The predicted molar refractivity (Wildman–Crippen MR) is 123 cm³/mol. The number of amides is 1. The molecule has 0 spiro atoms. The molecule has 4 aromatic rings. The number of thiophene rings is 1. The van der Waals surface area contributed by atoms with Crippen molar-refractivity contribution in [3.63, 3.8) is 0 Å². The summed E-state index contributed by atoms with van der Waals surface area (Å²) in [5.74, 6) is 0.272. The molecule has 0 unspecified atom stereocenters. The first-order valence-electron chi connectivity index (χ1n) is 9.42. The van der Waals surface area contributed by atoms with E-state index in [0.717, 1.165) is 33.6 Å². The number of nitrogens with one attached hydrogen (secondary N) is 1. The first kappa shape index (κ1) is 19.5. The van der Waals surface area contributed by atoms with E-state index in [2.05, 4.69) is 29.1 Å². The van der Waals surface area contributed by atoms with Crippen LogP contribution in [0.15, 0.2) is 41.8 Å². The number of hydrogen-bond acceptors (Lipinski definition) is 6. The average Bonchev–Trinajstić information content (AvgIpc) is 3.26. The maximum absolute atomic E-state index is 12.8. The minimum absolute atomic E-state index is 0.249. The molecule has 5 nitrogen and oxygen atoms in total. The van der Waals surface area contributed by atoms with Crippen molar-refractivity contribution in [1.82, 2.24) is 9.97 Å². The second-order valence-electron chi connectivity index (χ2n) is 7.46. The lowest BCUT2D eigenvalue weighted by Gasteiger charge is -2.03. The molecule has 0 saturated heterocycles. The van der Waals surface area contributed by atoms with Crippen LogP contribution in [0.2, 0.25) is 0 Å². The molecule has 0 fully saturated rings. The molecule has 29 heavy (non-hydrogen) atoms. The molecule has 0 aliphatic carbocycles. The molecule has 148 valence electrons. The van der Waals surface area contributed by atoms with Crippen LogP contribution in [0.25, 0.3) is 21.5 Å². The van der Waals surface area contributed by atoms with Crippen molar-refractivity contribution in [3.8, 4) is 11.3 Å². The van der Waals surface area contributed by atoms with Crippen LogP contribution < -0.4 is 11.1 Å². The van der Waals surface area contributed by atoms with Crippen LogP contribution >= 0.6 is 22.7 Å². The smallest absolute Gasteiger partial charge is 0.269 e. The number of rotatable bonds is 5. The Balaban J connectivity index is 1.56. The minimum atomic E-state index is -0.249. The van der Waals surface area contributed by atoms with Gasteiger partial charge in [0.1, 0.15) is 9.71 Å². The van der Waals surface area contributed by atoms with E-state index in [1.807, 2.05) is 48.7 Å². The number of carbonyl (C=O) groups excluding carboxylic acids is 1. The monoisotopic (exact) mass is 422 g/mol. The lowest BCUT2D eigenvalue weighted by atomic mass is 10.1. The molecule has 1 amide bonds. The van der Waals surface area contributed by atoms with Crippen LogP contribution in [0, 0.1) is 12.8 Å². The second-order valence-corrected chi connectivity index (χ2v) is 9.31. The lowest BCUT2D eigenvalue weighted by molar-refractivity contribution is 0.103. The Hall–Kier alpha value is -2.77. The minimum Gasteiger partial charge on any atom is -0.397 e. The fourth-order valence-corrected chi connectivity index (χ4v) is 4.80. The highest BCUT2D eigenvalue weighted by Gasteiger charge is 2.19. The number of benzene rings is 1. The third kappa shape index (κ3) is 4.16. The Kier molecular flexibility index (Phi) is 5.34. The van der Waals surface area contributed by atoms with E-state index < -0.39 is 0 Å². The first-order chi connectivity index (χ1) is 13.9. The van der Waals surface area contributed by atoms with E-state index in [4.69, 9.17) is 5.73 Å². The number of nitrogens with two attached hydrogens (primary N) is 1. The Morgan fingerprint density at radius 1 is 1.14 bits per heavy atom. The number of nitrogens with zero attached hydrogens (tertiary/aromatic N) is 2. The first-order valence-corrected chi connectivity index (χ1v) is 11.1. The van der Waals surface area contributed by atoms with Gasteiger partial charge in [0, 0.05) is 22.0 Å². The zero-order chi connectivity index (χ0) is 20.5. The van der Waals surface area contributed by atoms with Gasteiger partial charge in [-0.2, -0.15) is 0 Å². The largest absolute Gasteiger partial charge is 0.397 e. The highest BCUT2D eigenvalue weighted by Crippen LogP contribution is 2.34. The van der Waals surface area contributed by atoms with Gasteiger partial charge in [-0.3, -0.25) is 10.1 Å². The third-order valence-electron chi connectivity index (χ3n) is 4.55. The Bertz CT molecular complexity index is 1180. The second kappa shape index (κ2) is 7.93. The van der Waals surface area contributed by atoms with E-state index in [1.54, 1.807) is 0 Å². The maximum Gasteiger partial charge on any atom is 0.269 e. The van der Waals surface area contributed by atoms with E-state index in [9.17, 15) is 4.79 Å². The summed E-state index contributed by atoms with van der Waals surface area (Å²) in [7, 11) is 0. The molecule has 7 heteroatoms. The van der Waals surface area contributed by atoms with Gasteiger partial charge < -0.3 is 5.73 Å². The molecular formula is C22H22N4OS2. The van der Waals surface area contributed by atoms with Gasteiger partial charge >= 0.3 is 0 Å². The average molecular weight is 423 g/mol. The summed E-state index contributed by atoms with van der Waals surface area (Å²) in [6.07, 6.45) is 0.899. The van der Waals surface area contributed by atoms with Gasteiger partial charge in [-0.25, -0.2) is 9.97 Å². The summed E-state index contributed by atoms with van der Waals surface area (Å²) in [5, 5.41) is 6.20. The van der Waals surface area contributed by atoms with E-state index >= 15 is 0 Å². The van der Waals surface area contributed by atoms with Gasteiger partial charge in [0.15, 0.2) is 5.13 Å². The van der Waals surface area contributed by atoms with Crippen LogP contribution in [0.5, 0.6) is 0 Å². The van der Waals surface area contributed by atoms with Gasteiger partial charge in [-0.15, -0.1) is 22.7 Å². The zero-order valence-corrected chi connectivity index (χ0v) is 18.2. The third-order valence-corrected chi connectivity index (χ3v) is 6.42. The van der Waals surface area contributed by atoms with Crippen molar-refractivity contribution in [2.45, 2.75) is 27.2 Å². The Labute approximate surface area is 177 Å². The summed E-state index contributed by atoms with van der Waals surface area (Å²) < 4.78 is 0. The van der Waals surface area contributed by atoms with Crippen LogP contribution in [0.4, 0.5) is 10.8 Å². The van der Waals surface area contributed by atoms with Crippen molar-refractivity contribution in [2.24, 2.45) is 5.92 Å². The van der Waals surface area contributed by atoms with Gasteiger partial charge in [0.05, 0.1) is 11.4 Å². The quantitative estimate of drug-likeness (QED) is 0.428.